The molecule has 0 bridgehead atoms. The number of nitrogens with one attached hydrogen (secondary N) is 1. The molecule has 8 nitrogen and oxygen atoms in total. The van der Waals surface area contributed by atoms with Crippen LogP contribution in [-0.2, 0) is 7.05 Å². The Kier molecular flexibility index (Phi) is 4.78. The van der Waals surface area contributed by atoms with Gasteiger partial charge in [-0.3, -0.25) is 4.68 Å². The Morgan fingerprint density at radius 2 is 1.96 bits per heavy atom. The molecule has 1 aliphatic heterocycles. The second-order valence-corrected chi connectivity index (χ2v) is 7.41. The minimum absolute atomic E-state index is 0.0329. The topological polar surface area (TPSA) is 99.3 Å². The van der Waals surface area contributed by atoms with Gasteiger partial charge in [0.2, 0.25) is 5.95 Å². The highest BCUT2D eigenvalue weighted by Gasteiger charge is 2.36. The van der Waals surface area contributed by atoms with Crippen LogP contribution in [0.2, 0.25) is 0 Å². The standard InChI is InChI=1S/C18H26N6O2/c1-23-11-13(10-20-23)17(12-8-15(26)9-12)22-18-19-5-2-16(21-18)24-6-3-14(25)4-7-24/h2,5,10-12,14-15,17,25-26H,3-4,6-9H2,1H3,(H,19,21,22)/t12?,15?,17-/m1/s1. The number of nitrogens with zero attached hydrogens (tertiary/aromatic N) is 5. The number of rotatable bonds is 5. The monoisotopic (exact) mass is 358 g/mol. The van der Waals surface area contributed by atoms with E-state index in [0.717, 1.165) is 50.2 Å². The van der Waals surface area contributed by atoms with Crippen molar-refractivity contribution < 1.29 is 10.2 Å². The van der Waals surface area contributed by atoms with Gasteiger partial charge in [-0.2, -0.15) is 10.1 Å². The molecule has 2 aliphatic rings. The van der Waals surface area contributed by atoms with E-state index < -0.39 is 0 Å². The predicted molar refractivity (Wildman–Crippen MR) is 97.8 cm³/mol. The summed E-state index contributed by atoms with van der Waals surface area (Å²) in [4.78, 5) is 11.3. The highest BCUT2D eigenvalue weighted by Crippen LogP contribution is 2.39. The molecular weight excluding hydrogens is 332 g/mol. The van der Waals surface area contributed by atoms with E-state index in [-0.39, 0.29) is 18.2 Å². The zero-order valence-electron chi connectivity index (χ0n) is 15.0. The Balaban J connectivity index is 1.51. The molecule has 0 unspecified atom stereocenters. The van der Waals surface area contributed by atoms with Crippen LogP contribution in [0, 0.1) is 5.92 Å². The number of aromatic nitrogens is 4. The lowest BCUT2D eigenvalue weighted by atomic mass is 9.75. The van der Waals surface area contributed by atoms with Gasteiger partial charge in [0.25, 0.3) is 0 Å². The first kappa shape index (κ1) is 17.2. The van der Waals surface area contributed by atoms with Crippen molar-refractivity contribution in [3.05, 3.63) is 30.2 Å². The van der Waals surface area contributed by atoms with Crippen molar-refractivity contribution in [1.82, 2.24) is 19.7 Å². The van der Waals surface area contributed by atoms with Gasteiger partial charge in [-0.05, 0) is 37.7 Å². The minimum atomic E-state index is -0.215. The van der Waals surface area contributed by atoms with E-state index in [2.05, 4.69) is 25.3 Å². The molecule has 2 fully saturated rings. The normalized spacial score (nSPS) is 25.0. The van der Waals surface area contributed by atoms with Crippen molar-refractivity contribution in [2.24, 2.45) is 13.0 Å². The minimum Gasteiger partial charge on any atom is -0.393 e. The van der Waals surface area contributed by atoms with E-state index >= 15 is 0 Å². The van der Waals surface area contributed by atoms with E-state index in [4.69, 9.17) is 0 Å². The summed E-state index contributed by atoms with van der Waals surface area (Å²) in [6, 6.07) is 1.94. The zero-order chi connectivity index (χ0) is 18.1. The van der Waals surface area contributed by atoms with Crippen molar-refractivity contribution in [1.29, 1.82) is 0 Å². The molecule has 2 aromatic rings. The lowest BCUT2D eigenvalue weighted by molar-refractivity contribution is 0.0338. The van der Waals surface area contributed by atoms with Crippen molar-refractivity contribution in [3.63, 3.8) is 0 Å². The van der Waals surface area contributed by atoms with Crippen LogP contribution in [0.25, 0.3) is 0 Å². The number of hydrogen-bond acceptors (Lipinski definition) is 7. The fraction of sp³-hybridized carbons (Fsp3) is 0.611. The summed E-state index contributed by atoms with van der Waals surface area (Å²) < 4.78 is 1.79. The zero-order valence-corrected chi connectivity index (χ0v) is 15.0. The average Bonchev–Trinajstić information content (AvgIpc) is 3.04. The van der Waals surface area contributed by atoms with Crippen LogP contribution in [0.15, 0.2) is 24.7 Å². The summed E-state index contributed by atoms with van der Waals surface area (Å²) in [6.45, 7) is 1.61. The fourth-order valence-corrected chi connectivity index (χ4v) is 3.81. The van der Waals surface area contributed by atoms with Gasteiger partial charge in [-0.1, -0.05) is 0 Å². The summed E-state index contributed by atoms with van der Waals surface area (Å²) in [5, 5.41) is 27.1. The molecule has 26 heavy (non-hydrogen) atoms. The Bertz CT molecular complexity index is 737. The van der Waals surface area contributed by atoms with Crippen LogP contribution in [0.5, 0.6) is 0 Å². The molecule has 1 aliphatic carbocycles. The maximum atomic E-state index is 9.71. The van der Waals surface area contributed by atoms with Crippen molar-refractivity contribution >= 4 is 11.8 Å². The Labute approximate surface area is 152 Å². The molecule has 0 spiro atoms. The highest BCUT2D eigenvalue weighted by atomic mass is 16.3. The first-order valence-electron chi connectivity index (χ1n) is 9.27. The third-order valence-corrected chi connectivity index (χ3v) is 5.42. The molecule has 2 aromatic heterocycles. The molecule has 0 amide bonds. The number of aryl methyl sites for hydroxylation is 1. The fourth-order valence-electron chi connectivity index (χ4n) is 3.81. The number of anilines is 2. The first-order valence-corrected chi connectivity index (χ1v) is 9.27. The number of piperidine rings is 1. The summed E-state index contributed by atoms with van der Waals surface area (Å²) in [7, 11) is 1.90. The lowest BCUT2D eigenvalue weighted by Crippen LogP contribution is -2.37. The molecule has 140 valence electrons. The van der Waals surface area contributed by atoms with E-state index in [0.29, 0.717) is 11.9 Å². The molecule has 4 rings (SSSR count). The second-order valence-electron chi connectivity index (χ2n) is 7.41. The van der Waals surface area contributed by atoms with Crippen LogP contribution in [0.4, 0.5) is 11.8 Å². The molecule has 1 saturated heterocycles. The molecule has 3 heterocycles. The smallest absolute Gasteiger partial charge is 0.225 e. The maximum absolute atomic E-state index is 9.71. The van der Waals surface area contributed by atoms with E-state index in [9.17, 15) is 10.2 Å². The SMILES string of the molecule is Cn1cc([C@H](Nc2nccc(N3CCC(O)CC3)n2)C2CC(O)C2)cn1. The molecule has 8 heteroatoms. The highest BCUT2D eigenvalue weighted by molar-refractivity contribution is 5.44. The van der Waals surface area contributed by atoms with Crippen molar-refractivity contribution in [2.75, 3.05) is 23.3 Å². The van der Waals surface area contributed by atoms with Crippen molar-refractivity contribution in [2.45, 2.75) is 43.9 Å². The van der Waals surface area contributed by atoms with Gasteiger partial charge in [0.05, 0.1) is 24.4 Å². The maximum Gasteiger partial charge on any atom is 0.225 e. The lowest BCUT2D eigenvalue weighted by Gasteiger charge is -2.37. The molecule has 3 N–H and O–H groups in total. The van der Waals surface area contributed by atoms with Crippen LogP contribution < -0.4 is 10.2 Å². The van der Waals surface area contributed by atoms with Gasteiger partial charge < -0.3 is 20.4 Å². The number of hydrogen-bond donors (Lipinski definition) is 3. The number of aliphatic hydroxyl groups is 2. The van der Waals surface area contributed by atoms with E-state index in [1.807, 2.05) is 25.5 Å². The van der Waals surface area contributed by atoms with E-state index in [1.54, 1.807) is 10.9 Å². The summed E-state index contributed by atoms with van der Waals surface area (Å²) in [6.07, 6.45) is 8.30. The number of aliphatic hydroxyl groups excluding tert-OH is 2. The van der Waals surface area contributed by atoms with Gasteiger partial charge in [0.1, 0.15) is 5.82 Å². The quantitative estimate of drug-likeness (QED) is 0.736. The van der Waals surface area contributed by atoms with Crippen molar-refractivity contribution in [3.8, 4) is 0 Å². The summed E-state index contributed by atoms with van der Waals surface area (Å²) in [5.74, 6) is 1.81. The molecule has 1 atom stereocenters. The predicted octanol–water partition coefficient (Wildman–Crippen LogP) is 1.10. The molecular formula is C18H26N6O2. The van der Waals surface area contributed by atoms with Crippen LogP contribution in [0.1, 0.15) is 37.3 Å². The van der Waals surface area contributed by atoms with Gasteiger partial charge in [0, 0.05) is 38.1 Å². The summed E-state index contributed by atoms with van der Waals surface area (Å²) >= 11 is 0. The molecule has 1 saturated carbocycles. The van der Waals surface area contributed by atoms with Gasteiger partial charge in [-0.25, -0.2) is 4.98 Å². The largest absolute Gasteiger partial charge is 0.393 e. The van der Waals surface area contributed by atoms with Crippen LogP contribution in [0.3, 0.4) is 0 Å². The van der Waals surface area contributed by atoms with Gasteiger partial charge in [0.15, 0.2) is 0 Å². The average molecular weight is 358 g/mol. The third-order valence-electron chi connectivity index (χ3n) is 5.42. The first-order chi connectivity index (χ1) is 12.6. The van der Waals surface area contributed by atoms with Crippen LogP contribution in [-0.4, -0.2) is 55.3 Å². The Hall–Kier alpha value is -2.19. The third kappa shape index (κ3) is 3.66. The summed E-state index contributed by atoms with van der Waals surface area (Å²) in [5.41, 5.74) is 1.08. The van der Waals surface area contributed by atoms with Gasteiger partial charge in [-0.15, -0.1) is 0 Å². The Morgan fingerprint density at radius 1 is 1.19 bits per heavy atom. The van der Waals surface area contributed by atoms with Gasteiger partial charge >= 0.3 is 0 Å². The molecule has 0 aromatic carbocycles. The second kappa shape index (κ2) is 7.20. The molecule has 0 radical (unpaired) electrons. The van der Waals surface area contributed by atoms with Crippen LogP contribution >= 0.6 is 0 Å². The Morgan fingerprint density at radius 3 is 2.62 bits per heavy atom. The van der Waals surface area contributed by atoms with E-state index in [1.165, 1.54) is 0 Å².